The quantitative estimate of drug-likeness (QED) is 0.790. The molecule has 1 aliphatic heterocycles. The van der Waals surface area contributed by atoms with E-state index in [0.717, 1.165) is 18.2 Å². The molecule has 3 nitrogen and oxygen atoms in total. The number of halogens is 2. The fourth-order valence-electron chi connectivity index (χ4n) is 2.35. The van der Waals surface area contributed by atoms with Gasteiger partial charge in [-0.25, -0.2) is 8.78 Å². The summed E-state index contributed by atoms with van der Waals surface area (Å²) in [5.74, 6) is -2.55. The van der Waals surface area contributed by atoms with Gasteiger partial charge in [0, 0.05) is 19.0 Å². The lowest BCUT2D eigenvalue weighted by Gasteiger charge is -2.31. The molecule has 0 aliphatic carbocycles. The molecule has 0 radical (unpaired) electrons. The average Bonchev–Trinajstić information content (AvgIpc) is 2.41. The monoisotopic (exact) mass is 267 g/mol. The van der Waals surface area contributed by atoms with Gasteiger partial charge in [-0.05, 0) is 25.0 Å². The van der Waals surface area contributed by atoms with E-state index in [4.69, 9.17) is 0 Å². The number of nitrogens with zero attached hydrogens (tertiary/aromatic N) is 1. The van der Waals surface area contributed by atoms with Gasteiger partial charge in [0.1, 0.15) is 17.4 Å². The fourth-order valence-corrected chi connectivity index (χ4v) is 2.35. The van der Waals surface area contributed by atoms with E-state index in [1.807, 2.05) is 0 Å². The second-order valence-electron chi connectivity index (χ2n) is 4.60. The van der Waals surface area contributed by atoms with Crippen LogP contribution >= 0.6 is 0 Å². The van der Waals surface area contributed by atoms with E-state index in [9.17, 15) is 18.4 Å². The van der Waals surface area contributed by atoms with Crippen LogP contribution in [-0.4, -0.2) is 18.2 Å². The Hall–Kier alpha value is -1.78. The summed E-state index contributed by atoms with van der Waals surface area (Å²) in [6.45, 7) is 2.00. The van der Waals surface area contributed by atoms with Crippen LogP contribution in [0, 0.1) is 17.6 Å². The zero-order valence-corrected chi connectivity index (χ0v) is 10.7. The van der Waals surface area contributed by atoms with E-state index in [0.29, 0.717) is 19.4 Å². The summed E-state index contributed by atoms with van der Waals surface area (Å²) >= 11 is 0. The van der Waals surface area contributed by atoms with Crippen molar-refractivity contribution in [3.8, 4) is 0 Å². The molecule has 5 heteroatoms. The summed E-state index contributed by atoms with van der Waals surface area (Å²) < 4.78 is 26.9. The second-order valence-corrected chi connectivity index (χ2v) is 4.60. The van der Waals surface area contributed by atoms with Gasteiger partial charge in [-0.1, -0.05) is 6.92 Å². The minimum atomic E-state index is -0.721. The number of ketones is 1. The summed E-state index contributed by atoms with van der Waals surface area (Å²) in [4.78, 5) is 25.1. The van der Waals surface area contributed by atoms with Crippen LogP contribution in [-0.2, 0) is 9.59 Å². The van der Waals surface area contributed by atoms with Crippen LogP contribution in [0.5, 0.6) is 0 Å². The number of rotatable bonds is 3. The van der Waals surface area contributed by atoms with Gasteiger partial charge in [-0.2, -0.15) is 0 Å². The molecule has 19 heavy (non-hydrogen) atoms. The Bertz CT molecular complexity index is 516. The van der Waals surface area contributed by atoms with E-state index in [2.05, 4.69) is 0 Å². The van der Waals surface area contributed by atoms with Gasteiger partial charge < -0.3 is 4.90 Å². The van der Waals surface area contributed by atoms with Crippen molar-refractivity contribution in [1.29, 1.82) is 0 Å². The highest BCUT2D eigenvalue weighted by Crippen LogP contribution is 2.28. The van der Waals surface area contributed by atoms with Crippen LogP contribution < -0.4 is 4.90 Å². The lowest BCUT2D eigenvalue weighted by molar-refractivity contribution is -0.133. The van der Waals surface area contributed by atoms with Crippen molar-refractivity contribution in [2.24, 2.45) is 5.92 Å². The largest absolute Gasteiger partial charge is 0.309 e. The Labute approximate surface area is 110 Å². The summed E-state index contributed by atoms with van der Waals surface area (Å²) in [6, 6.07) is 2.98. The van der Waals surface area contributed by atoms with Gasteiger partial charge in [-0.15, -0.1) is 0 Å². The number of hydrogen-bond acceptors (Lipinski definition) is 2. The lowest BCUT2D eigenvalue weighted by atomic mass is 9.91. The molecule has 1 unspecified atom stereocenters. The number of piperidine rings is 1. The Morgan fingerprint density at radius 3 is 2.84 bits per heavy atom. The summed E-state index contributed by atoms with van der Waals surface area (Å²) in [5.41, 5.74) is -0.0846. The summed E-state index contributed by atoms with van der Waals surface area (Å²) in [7, 11) is 0. The van der Waals surface area contributed by atoms with Gasteiger partial charge in [0.15, 0.2) is 0 Å². The number of carbonyl (C=O) groups is 2. The molecule has 1 saturated heterocycles. The Morgan fingerprint density at radius 1 is 1.42 bits per heavy atom. The normalized spacial score (nSPS) is 19.6. The van der Waals surface area contributed by atoms with E-state index in [1.165, 1.54) is 4.90 Å². The standard InChI is InChI=1S/C14H15F2NO2/c1-2-13(18)10-4-3-7-17(14(10)19)12-8-9(15)5-6-11(12)16/h5-6,8,10H,2-4,7H2,1H3. The minimum Gasteiger partial charge on any atom is -0.309 e. The highest BCUT2D eigenvalue weighted by Gasteiger charge is 2.34. The summed E-state index contributed by atoms with van der Waals surface area (Å²) in [5, 5.41) is 0. The van der Waals surface area contributed by atoms with Crippen molar-refractivity contribution in [3.05, 3.63) is 29.8 Å². The van der Waals surface area contributed by atoms with E-state index < -0.39 is 23.5 Å². The molecule has 0 bridgehead atoms. The van der Waals surface area contributed by atoms with Crippen molar-refractivity contribution >= 4 is 17.4 Å². The van der Waals surface area contributed by atoms with Crippen LogP contribution in [0.1, 0.15) is 26.2 Å². The van der Waals surface area contributed by atoms with Crippen LogP contribution in [0.15, 0.2) is 18.2 Å². The zero-order chi connectivity index (χ0) is 14.0. The Kier molecular flexibility index (Phi) is 3.93. The Balaban J connectivity index is 2.31. The highest BCUT2D eigenvalue weighted by atomic mass is 19.1. The van der Waals surface area contributed by atoms with Crippen LogP contribution in [0.2, 0.25) is 0 Å². The van der Waals surface area contributed by atoms with Gasteiger partial charge in [0.2, 0.25) is 5.91 Å². The third kappa shape index (κ3) is 2.64. The molecule has 1 aliphatic rings. The first-order chi connectivity index (χ1) is 9.04. The number of Topliss-reactive ketones (excluding diaryl/α,β-unsaturated/α-hetero) is 1. The van der Waals surface area contributed by atoms with Gasteiger partial charge in [-0.3, -0.25) is 9.59 Å². The number of anilines is 1. The van der Waals surface area contributed by atoms with Crippen LogP contribution in [0.3, 0.4) is 0 Å². The maximum absolute atomic E-state index is 13.7. The molecular formula is C14H15F2NO2. The van der Waals surface area contributed by atoms with Crippen molar-refractivity contribution in [2.45, 2.75) is 26.2 Å². The van der Waals surface area contributed by atoms with Crippen LogP contribution in [0.25, 0.3) is 0 Å². The smallest absolute Gasteiger partial charge is 0.237 e. The zero-order valence-electron chi connectivity index (χ0n) is 10.7. The topological polar surface area (TPSA) is 37.4 Å². The number of benzene rings is 1. The maximum Gasteiger partial charge on any atom is 0.237 e. The molecule has 2 rings (SSSR count). The fraction of sp³-hybridized carbons (Fsp3) is 0.429. The van der Waals surface area contributed by atoms with Gasteiger partial charge in [0.05, 0.1) is 11.6 Å². The first-order valence-electron chi connectivity index (χ1n) is 6.33. The highest BCUT2D eigenvalue weighted by molar-refractivity contribution is 6.08. The molecular weight excluding hydrogens is 252 g/mol. The molecule has 1 aromatic carbocycles. The molecule has 1 atom stereocenters. The predicted molar refractivity (Wildman–Crippen MR) is 66.7 cm³/mol. The molecule has 0 spiro atoms. The number of hydrogen-bond donors (Lipinski definition) is 0. The number of carbonyl (C=O) groups excluding carboxylic acids is 2. The maximum atomic E-state index is 13.7. The van der Waals surface area contributed by atoms with E-state index >= 15 is 0 Å². The summed E-state index contributed by atoms with van der Waals surface area (Å²) in [6.07, 6.45) is 1.37. The average molecular weight is 267 g/mol. The molecule has 0 saturated carbocycles. The SMILES string of the molecule is CCC(=O)C1CCCN(c2cc(F)ccc2F)C1=O. The predicted octanol–water partition coefficient (Wildman–Crippen LogP) is 2.69. The molecule has 1 heterocycles. The molecule has 102 valence electrons. The van der Waals surface area contributed by atoms with Crippen molar-refractivity contribution < 1.29 is 18.4 Å². The lowest BCUT2D eigenvalue weighted by Crippen LogP contribution is -2.44. The third-order valence-electron chi connectivity index (χ3n) is 3.37. The van der Waals surface area contributed by atoms with Crippen LogP contribution in [0.4, 0.5) is 14.5 Å². The van der Waals surface area contributed by atoms with Gasteiger partial charge in [0.25, 0.3) is 0 Å². The molecule has 1 fully saturated rings. The minimum absolute atomic E-state index is 0.0846. The van der Waals surface area contributed by atoms with Crippen molar-refractivity contribution in [1.82, 2.24) is 0 Å². The van der Waals surface area contributed by atoms with Gasteiger partial charge >= 0.3 is 0 Å². The van der Waals surface area contributed by atoms with Crippen molar-refractivity contribution in [3.63, 3.8) is 0 Å². The second kappa shape index (κ2) is 5.47. The first-order valence-corrected chi connectivity index (χ1v) is 6.33. The molecule has 1 amide bonds. The third-order valence-corrected chi connectivity index (χ3v) is 3.37. The Morgan fingerprint density at radius 2 is 2.16 bits per heavy atom. The van der Waals surface area contributed by atoms with Crippen molar-refractivity contribution in [2.75, 3.05) is 11.4 Å². The molecule has 0 N–H and O–H groups in total. The molecule has 1 aromatic rings. The number of amides is 1. The molecule has 0 aromatic heterocycles. The van der Waals surface area contributed by atoms with E-state index in [1.54, 1.807) is 6.92 Å². The first kappa shape index (κ1) is 13.6. The van der Waals surface area contributed by atoms with E-state index in [-0.39, 0.29) is 17.9 Å².